The van der Waals surface area contributed by atoms with Crippen LogP contribution in [0.25, 0.3) is 10.9 Å². The largest absolute Gasteiger partial charge is 0.358 e. The minimum absolute atomic E-state index is 0.265. The average Bonchev–Trinajstić information content (AvgIpc) is 2.60. The molecule has 84 valence electrons. The van der Waals surface area contributed by atoms with E-state index in [1.54, 1.807) is 6.07 Å². The molecule has 7 heteroatoms. The van der Waals surface area contributed by atoms with Crippen molar-refractivity contribution in [3.8, 4) is 0 Å². The first-order valence-corrected chi connectivity index (χ1v) is 5.65. The minimum Gasteiger partial charge on any atom is -0.358 e. The van der Waals surface area contributed by atoms with Gasteiger partial charge in [-0.05, 0) is 6.07 Å². The lowest BCUT2D eigenvalue weighted by Crippen LogP contribution is -2.18. The first-order valence-electron chi connectivity index (χ1n) is 4.14. The van der Waals surface area contributed by atoms with Crippen LogP contribution in [-0.4, -0.2) is 19.5 Å². The third kappa shape index (κ3) is 2.00. The van der Waals surface area contributed by atoms with Crippen molar-refractivity contribution in [3.63, 3.8) is 0 Å². The summed E-state index contributed by atoms with van der Waals surface area (Å²) in [5.41, 5.74) is 0.820. The van der Waals surface area contributed by atoms with Crippen LogP contribution < -0.4 is 0 Å². The Labute approximate surface area is 111 Å². The molecule has 0 amide bonds. The van der Waals surface area contributed by atoms with E-state index in [1.807, 2.05) is 0 Å². The van der Waals surface area contributed by atoms with Crippen LogP contribution in [-0.2, 0) is 0 Å². The van der Waals surface area contributed by atoms with Gasteiger partial charge in [-0.1, -0.05) is 46.4 Å². The molecule has 0 saturated heterocycles. The zero-order chi connectivity index (χ0) is 11.9. The lowest BCUT2D eigenvalue weighted by atomic mass is 10.1. The van der Waals surface area contributed by atoms with Crippen LogP contribution in [0.2, 0.25) is 5.15 Å². The van der Waals surface area contributed by atoms with Gasteiger partial charge in [0.15, 0.2) is 5.15 Å². The molecule has 0 aliphatic rings. The summed E-state index contributed by atoms with van der Waals surface area (Å²) in [7, 11) is 0. The monoisotopic (exact) mass is 296 g/mol. The van der Waals surface area contributed by atoms with E-state index < -0.39 is 9.58 Å². The number of hydrogen-bond donors (Lipinski definition) is 1. The van der Waals surface area contributed by atoms with Crippen molar-refractivity contribution < 1.29 is 4.79 Å². The molecule has 0 radical (unpaired) electrons. The first kappa shape index (κ1) is 12.0. The second-order valence-electron chi connectivity index (χ2n) is 3.05. The van der Waals surface area contributed by atoms with E-state index in [2.05, 4.69) is 9.97 Å². The van der Waals surface area contributed by atoms with Crippen molar-refractivity contribution in [1.29, 1.82) is 0 Å². The molecule has 0 aliphatic carbocycles. The highest BCUT2D eigenvalue weighted by atomic mass is 35.6. The van der Waals surface area contributed by atoms with Crippen LogP contribution in [0.3, 0.4) is 0 Å². The topological polar surface area (TPSA) is 45.8 Å². The molecule has 2 aromatic rings. The van der Waals surface area contributed by atoms with Gasteiger partial charge in [-0.15, -0.1) is 0 Å². The number of carbonyl (C=O) groups excluding carboxylic acids is 1. The number of ketones is 1. The quantitative estimate of drug-likeness (QED) is 0.495. The van der Waals surface area contributed by atoms with E-state index in [-0.39, 0.29) is 10.7 Å². The fourth-order valence-corrected chi connectivity index (χ4v) is 1.88. The van der Waals surface area contributed by atoms with Gasteiger partial charge in [0.1, 0.15) is 0 Å². The maximum absolute atomic E-state index is 11.8. The number of Topliss-reactive ketones (excluding diaryl/α,β-unsaturated/α-hetero) is 1. The highest BCUT2D eigenvalue weighted by molar-refractivity contribution is 6.77. The average molecular weight is 298 g/mol. The fraction of sp³-hybridized carbons (Fsp3) is 0.111. The van der Waals surface area contributed by atoms with Gasteiger partial charge in [0.2, 0.25) is 5.78 Å². The Bertz CT molecular complexity index is 558. The number of nitrogens with one attached hydrogen (secondary N) is 1. The molecule has 0 fully saturated rings. The molecule has 16 heavy (non-hydrogen) atoms. The Kier molecular flexibility index (Phi) is 3.05. The van der Waals surface area contributed by atoms with E-state index in [9.17, 15) is 4.79 Å². The first-order chi connectivity index (χ1) is 7.41. The van der Waals surface area contributed by atoms with Crippen LogP contribution in [0.1, 0.15) is 10.4 Å². The van der Waals surface area contributed by atoms with Crippen molar-refractivity contribution >= 4 is 63.1 Å². The summed E-state index contributed by atoms with van der Waals surface area (Å²) in [5, 5.41) is 0.845. The maximum Gasteiger partial charge on any atom is 0.253 e. The number of aromatic nitrogens is 2. The molecular formula is C9H4Cl4N2O. The van der Waals surface area contributed by atoms with Crippen LogP contribution in [0.5, 0.6) is 0 Å². The Morgan fingerprint density at radius 2 is 2.06 bits per heavy atom. The van der Waals surface area contributed by atoms with Gasteiger partial charge in [0, 0.05) is 23.3 Å². The van der Waals surface area contributed by atoms with Crippen molar-refractivity contribution in [1.82, 2.24) is 9.97 Å². The summed E-state index contributed by atoms with van der Waals surface area (Å²) in [6, 6.07) is 1.63. The summed E-state index contributed by atoms with van der Waals surface area (Å²) in [6.45, 7) is 0. The van der Waals surface area contributed by atoms with Gasteiger partial charge < -0.3 is 4.98 Å². The van der Waals surface area contributed by atoms with Crippen molar-refractivity contribution in [2.45, 2.75) is 3.79 Å². The second-order valence-corrected chi connectivity index (χ2v) is 5.69. The predicted molar refractivity (Wildman–Crippen MR) is 65.7 cm³/mol. The molecule has 2 heterocycles. The highest BCUT2D eigenvalue weighted by Gasteiger charge is 2.33. The smallest absolute Gasteiger partial charge is 0.253 e. The van der Waals surface area contributed by atoms with E-state index in [0.717, 1.165) is 0 Å². The molecule has 0 saturated carbocycles. The van der Waals surface area contributed by atoms with Gasteiger partial charge in [-0.25, -0.2) is 4.98 Å². The van der Waals surface area contributed by atoms with Crippen LogP contribution >= 0.6 is 46.4 Å². The molecule has 3 nitrogen and oxygen atoms in total. The minimum atomic E-state index is -1.98. The van der Waals surface area contributed by atoms with E-state index in [0.29, 0.717) is 10.9 Å². The number of H-pyrrole nitrogens is 1. The predicted octanol–water partition coefficient (Wildman–Crippen LogP) is 3.77. The molecular weight excluding hydrogens is 294 g/mol. The Hall–Kier alpha value is -0.480. The number of rotatable bonds is 1. The maximum atomic E-state index is 11.8. The van der Waals surface area contributed by atoms with Crippen molar-refractivity contribution in [2.24, 2.45) is 0 Å². The number of pyridine rings is 1. The summed E-state index contributed by atoms with van der Waals surface area (Å²) in [6.07, 6.45) is 2.93. The zero-order valence-electron chi connectivity index (χ0n) is 7.60. The Balaban J connectivity index is 2.64. The van der Waals surface area contributed by atoms with Gasteiger partial charge >= 0.3 is 0 Å². The molecule has 0 spiro atoms. The third-order valence-corrected chi connectivity index (χ3v) is 2.86. The highest BCUT2D eigenvalue weighted by Crippen LogP contribution is 2.33. The van der Waals surface area contributed by atoms with Crippen LogP contribution in [0.4, 0.5) is 0 Å². The number of aromatic amines is 1. The number of alkyl halides is 3. The molecule has 2 rings (SSSR count). The van der Waals surface area contributed by atoms with E-state index in [1.165, 1.54) is 12.4 Å². The fourth-order valence-electron chi connectivity index (χ4n) is 1.36. The lowest BCUT2D eigenvalue weighted by molar-refractivity contribution is 0.0998. The van der Waals surface area contributed by atoms with Crippen molar-refractivity contribution in [3.05, 3.63) is 29.2 Å². The standard InChI is InChI=1S/C9H4Cl4N2O/c10-8-6-4(1-2-14-8)5(3-15-6)7(16)9(11,12)13/h1-3,15H. The summed E-state index contributed by atoms with van der Waals surface area (Å²) in [5.74, 6) is -0.606. The number of halogens is 4. The van der Waals surface area contributed by atoms with Crippen LogP contribution in [0, 0.1) is 0 Å². The molecule has 0 aromatic carbocycles. The lowest BCUT2D eigenvalue weighted by Gasteiger charge is -2.07. The second kappa shape index (κ2) is 4.08. The van der Waals surface area contributed by atoms with E-state index in [4.69, 9.17) is 46.4 Å². The van der Waals surface area contributed by atoms with Gasteiger partial charge in [-0.2, -0.15) is 0 Å². The van der Waals surface area contributed by atoms with E-state index >= 15 is 0 Å². The molecule has 2 aromatic heterocycles. The summed E-state index contributed by atoms with van der Waals surface area (Å²) < 4.78 is -1.98. The molecule has 0 atom stereocenters. The van der Waals surface area contributed by atoms with Gasteiger partial charge in [0.25, 0.3) is 3.79 Å². The summed E-state index contributed by atoms with van der Waals surface area (Å²) in [4.78, 5) is 18.5. The summed E-state index contributed by atoms with van der Waals surface area (Å²) >= 11 is 22.4. The molecule has 0 unspecified atom stereocenters. The number of fused-ring (bicyclic) bond motifs is 1. The number of nitrogens with zero attached hydrogens (tertiary/aromatic N) is 1. The zero-order valence-corrected chi connectivity index (χ0v) is 10.6. The van der Waals surface area contributed by atoms with Crippen LogP contribution in [0.15, 0.2) is 18.5 Å². The van der Waals surface area contributed by atoms with Gasteiger partial charge in [0.05, 0.1) is 5.52 Å². The van der Waals surface area contributed by atoms with Crippen molar-refractivity contribution in [2.75, 3.05) is 0 Å². The Morgan fingerprint density at radius 1 is 1.38 bits per heavy atom. The van der Waals surface area contributed by atoms with Gasteiger partial charge in [-0.3, -0.25) is 4.79 Å². The normalized spacial score (nSPS) is 12.0. The third-order valence-electron chi connectivity index (χ3n) is 2.06. The Morgan fingerprint density at radius 3 is 2.69 bits per heavy atom. The molecule has 0 aliphatic heterocycles. The number of hydrogen-bond acceptors (Lipinski definition) is 2. The molecule has 1 N–H and O–H groups in total. The molecule has 0 bridgehead atoms. The number of carbonyl (C=O) groups is 1. The SMILES string of the molecule is O=C(c1c[nH]c2c(Cl)nccc12)C(Cl)(Cl)Cl.